The molecule has 0 aliphatic rings. The second-order valence-electron chi connectivity index (χ2n) is 4.39. The molecule has 0 heterocycles. The van der Waals surface area contributed by atoms with Crippen LogP contribution in [-0.4, -0.2) is 32.4 Å². The smallest absolute Gasteiger partial charge is 0.240 e. The standard InChI is InChI=1S/C13H19N3O3S2/c1-2-8-15-12(17)7-9-16-21(18,19)11-5-3-10(4-6-11)13(14)20/h3-6,16H,2,7-9H2,1H3,(H2,14,20)(H,15,17). The number of carbonyl (C=O) groups excluding carboxylic acids is 1. The molecular weight excluding hydrogens is 310 g/mol. The van der Waals surface area contributed by atoms with E-state index in [1.807, 2.05) is 6.92 Å². The van der Waals surface area contributed by atoms with Crippen LogP contribution in [0.4, 0.5) is 0 Å². The van der Waals surface area contributed by atoms with Gasteiger partial charge in [-0.25, -0.2) is 13.1 Å². The summed E-state index contributed by atoms with van der Waals surface area (Å²) >= 11 is 4.80. The maximum atomic E-state index is 12.0. The van der Waals surface area contributed by atoms with Gasteiger partial charge in [0.1, 0.15) is 4.99 Å². The van der Waals surface area contributed by atoms with Gasteiger partial charge in [-0.15, -0.1) is 0 Å². The van der Waals surface area contributed by atoms with Gasteiger partial charge in [0.15, 0.2) is 0 Å². The predicted octanol–water partition coefficient (Wildman–Crippen LogP) is 0.515. The lowest BCUT2D eigenvalue weighted by atomic mass is 10.2. The van der Waals surface area contributed by atoms with E-state index in [9.17, 15) is 13.2 Å². The molecule has 0 fully saturated rings. The SMILES string of the molecule is CCCNC(=O)CCNS(=O)(=O)c1ccc(C(N)=S)cc1. The minimum absolute atomic E-state index is 0.0505. The van der Waals surface area contributed by atoms with E-state index in [2.05, 4.69) is 10.0 Å². The lowest BCUT2D eigenvalue weighted by Gasteiger charge is -2.08. The Morgan fingerprint density at radius 3 is 2.38 bits per heavy atom. The van der Waals surface area contributed by atoms with Crippen LogP contribution in [0.25, 0.3) is 0 Å². The summed E-state index contributed by atoms with van der Waals surface area (Å²) in [7, 11) is -3.63. The summed E-state index contributed by atoms with van der Waals surface area (Å²) in [5, 5.41) is 2.68. The van der Waals surface area contributed by atoms with Crippen molar-refractivity contribution in [1.29, 1.82) is 0 Å². The molecule has 6 nitrogen and oxygen atoms in total. The van der Waals surface area contributed by atoms with Crippen molar-refractivity contribution in [3.63, 3.8) is 0 Å². The van der Waals surface area contributed by atoms with E-state index in [0.29, 0.717) is 12.1 Å². The van der Waals surface area contributed by atoms with Crippen LogP contribution in [0.3, 0.4) is 0 Å². The predicted molar refractivity (Wildman–Crippen MR) is 85.4 cm³/mol. The second kappa shape index (κ2) is 8.06. The van der Waals surface area contributed by atoms with Gasteiger partial charge in [0.05, 0.1) is 4.90 Å². The van der Waals surface area contributed by atoms with Crippen molar-refractivity contribution in [2.45, 2.75) is 24.7 Å². The van der Waals surface area contributed by atoms with Gasteiger partial charge in [-0.2, -0.15) is 0 Å². The van der Waals surface area contributed by atoms with Gasteiger partial charge in [-0.3, -0.25) is 4.79 Å². The lowest BCUT2D eigenvalue weighted by molar-refractivity contribution is -0.120. The van der Waals surface area contributed by atoms with Crippen LogP contribution < -0.4 is 15.8 Å². The van der Waals surface area contributed by atoms with Crippen molar-refractivity contribution in [1.82, 2.24) is 10.0 Å². The van der Waals surface area contributed by atoms with Gasteiger partial charge in [-0.05, 0) is 18.6 Å². The van der Waals surface area contributed by atoms with E-state index in [0.717, 1.165) is 6.42 Å². The van der Waals surface area contributed by atoms with Crippen LogP contribution in [0, 0.1) is 0 Å². The first-order valence-electron chi connectivity index (χ1n) is 6.53. The van der Waals surface area contributed by atoms with Crippen molar-refractivity contribution >= 4 is 33.1 Å². The van der Waals surface area contributed by atoms with Crippen molar-refractivity contribution in [2.24, 2.45) is 5.73 Å². The molecule has 0 aliphatic carbocycles. The Kier molecular flexibility index (Phi) is 6.73. The Bertz CT molecular complexity index is 598. The maximum Gasteiger partial charge on any atom is 0.240 e. The van der Waals surface area contributed by atoms with E-state index in [4.69, 9.17) is 18.0 Å². The van der Waals surface area contributed by atoms with Crippen molar-refractivity contribution in [3.8, 4) is 0 Å². The number of hydrogen-bond acceptors (Lipinski definition) is 4. The summed E-state index contributed by atoms with van der Waals surface area (Å²) in [5.41, 5.74) is 6.05. The highest BCUT2D eigenvalue weighted by Crippen LogP contribution is 2.10. The summed E-state index contributed by atoms with van der Waals surface area (Å²) < 4.78 is 26.4. The van der Waals surface area contributed by atoms with Crippen molar-refractivity contribution in [2.75, 3.05) is 13.1 Å². The molecule has 0 atom stereocenters. The van der Waals surface area contributed by atoms with Gasteiger partial charge in [-0.1, -0.05) is 31.3 Å². The average Bonchev–Trinajstić information content (AvgIpc) is 2.45. The quantitative estimate of drug-likeness (QED) is 0.604. The minimum atomic E-state index is -3.63. The molecule has 0 saturated heterocycles. The summed E-state index contributed by atoms with van der Waals surface area (Å²) in [4.78, 5) is 11.7. The fourth-order valence-corrected chi connectivity index (χ4v) is 2.70. The molecule has 0 radical (unpaired) electrons. The van der Waals surface area contributed by atoms with Crippen molar-refractivity contribution in [3.05, 3.63) is 29.8 Å². The second-order valence-corrected chi connectivity index (χ2v) is 6.59. The number of nitrogens with two attached hydrogens (primary N) is 1. The molecule has 116 valence electrons. The molecule has 21 heavy (non-hydrogen) atoms. The number of benzene rings is 1. The van der Waals surface area contributed by atoms with E-state index in [-0.39, 0.29) is 28.8 Å². The molecule has 0 saturated carbocycles. The Hall–Kier alpha value is -1.51. The average molecular weight is 329 g/mol. The monoisotopic (exact) mass is 329 g/mol. The van der Waals surface area contributed by atoms with Gasteiger partial charge >= 0.3 is 0 Å². The number of amides is 1. The molecule has 0 bridgehead atoms. The largest absolute Gasteiger partial charge is 0.389 e. The topological polar surface area (TPSA) is 101 Å². The number of sulfonamides is 1. The molecule has 1 rings (SSSR count). The van der Waals surface area contributed by atoms with Crippen LogP contribution >= 0.6 is 12.2 Å². The molecule has 1 amide bonds. The summed E-state index contributed by atoms with van der Waals surface area (Å²) in [6, 6.07) is 5.94. The normalized spacial score (nSPS) is 11.1. The van der Waals surface area contributed by atoms with E-state index < -0.39 is 10.0 Å². The third-order valence-corrected chi connectivity index (χ3v) is 4.38. The van der Waals surface area contributed by atoms with Gasteiger partial charge in [0, 0.05) is 25.1 Å². The summed E-state index contributed by atoms with van der Waals surface area (Å²) in [6.07, 6.45) is 0.941. The summed E-state index contributed by atoms with van der Waals surface area (Å²) in [5.74, 6) is -0.177. The first kappa shape index (κ1) is 17.5. The zero-order chi connectivity index (χ0) is 15.9. The maximum absolute atomic E-state index is 12.0. The molecule has 0 aliphatic heterocycles. The highest BCUT2D eigenvalue weighted by molar-refractivity contribution is 7.89. The zero-order valence-corrected chi connectivity index (χ0v) is 13.4. The third-order valence-electron chi connectivity index (χ3n) is 2.67. The van der Waals surface area contributed by atoms with Crippen LogP contribution in [0.15, 0.2) is 29.2 Å². The fraction of sp³-hybridized carbons (Fsp3) is 0.385. The third kappa shape index (κ3) is 5.78. The first-order valence-corrected chi connectivity index (χ1v) is 8.42. The van der Waals surface area contributed by atoms with E-state index in [1.54, 1.807) is 12.1 Å². The van der Waals surface area contributed by atoms with Crippen molar-refractivity contribution < 1.29 is 13.2 Å². The van der Waals surface area contributed by atoms with Gasteiger partial charge in [0.25, 0.3) is 0 Å². The molecule has 1 aromatic rings. The fourth-order valence-electron chi connectivity index (χ4n) is 1.53. The Morgan fingerprint density at radius 1 is 1.24 bits per heavy atom. The van der Waals surface area contributed by atoms with E-state index in [1.165, 1.54) is 12.1 Å². The molecule has 0 aromatic heterocycles. The Labute approximate surface area is 130 Å². The summed E-state index contributed by atoms with van der Waals surface area (Å²) in [6.45, 7) is 2.58. The van der Waals surface area contributed by atoms with Gasteiger partial charge in [0.2, 0.25) is 15.9 Å². The Balaban J connectivity index is 2.57. The zero-order valence-electron chi connectivity index (χ0n) is 11.8. The highest BCUT2D eigenvalue weighted by atomic mass is 32.2. The van der Waals surface area contributed by atoms with Crippen LogP contribution in [0.2, 0.25) is 0 Å². The van der Waals surface area contributed by atoms with Crippen LogP contribution in [-0.2, 0) is 14.8 Å². The van der Waals surface area contributed by atoms with E-state index >= 15 is 0 Å². The Morgan fingerprint density at radius 2 is 1.86 bits per heavy atom. The molecule has 1 aromatic carbocycles. The highest BCUT2D eigenvalue weighted by Gasteiger charge is 2.14. The van der Waals surface area contributed by atoms with Crippen LogP contribution in [0.1, 0.15) is 25.3 Å². The van der Waals surface area contributed by atoms with Gasteiger partial charge < -0.3 is 11.1 Å². The van der Waals surface area contributed by atoms with Crippen LogP contribution in [0.5, 0.6) is 0 Å². The number of hydrogen-bond donors (Lipinski definition) is 3. The minimum Gasteiger partial charge on any atom is -0.389 e. The lowest BCUT2D eigenvalue weighted by Crippen LogP contribution is -2.31. The molecular formula is C13H19N3O3S2. The number of nitrogens with one attached hydrogen (secondary N) is 2. The number of rotatable bonds is 8. The first-order chi connectivity index (χ1) is 9.86. The molecule has 8 heteroatoms. The molecule has 4 N–H and O–H groups in total. The molecule has 0 spiro atoms. The molecule has 0 unspecified atom stereocenters. The number of carbonyl (C=O) groups is 1. The number of thiocarbonyl (C=S) groups is 1.